The van der Waals surface area contributed by atoms with Crippen LogP contribution in [0.4, 0.5) is 4.79 Å². The van der Waals surface area contributed by atoms with Gasteiger partial charge < -0.3 is 24.4 Å². The third kappa shape index (κ3) is 7.07. The number of aromatic nitrogens is 2. The maximum absolute atomic E-state index is 13.3. The van der Waals surface area contributed by atoms with Gasteiger partial charge in [0.25, 0.3) is 5.56 Å². The quantitative estimate of drug-likeness (QED) is 0.194. The number of ether oxygens (including phenoxy) is 3. The smallest absolute Gasteiger partial charge is 0.433 e. The Balaban J connectivity index is 1.17. The first-order valence-corrected chi connectivity index (χ1v) is 18.0. The zero-order chi connectivity index (χ0) is 32.5. The molecule has 0 spiro atoms. The van der Waals surface area contributed by atoms with Crippen LogP contribution in [0.5, 0.6) is 0 Å². The number of aliphatic hydroxyl groups is 2. The van der Waals surface area contributed by atoms with Crippen molar-refractivity contribution in [3.8, 4) is 11.1 Å². The molecule has 5 rings (SSSR count). The highest BCUT2D eigenvalue weighted by molar-refractivity contribution is 7.72. The molecule has 0 radical (unpaired) electrons. The Morgan fingerprint density at radius 3 is 2.24 bits per heavy atom. The molecule has 0 saturated carbocycles. The van der Waals surface area contributed by atoms with Crippen LogP contribution in [0.1, 0.15) is 43.0 Å². The first kappa shape index (κ1) is 32.6. The number of benzene rings is 2. The van der Waals surface area contributed by atoms with E-state index in [9.17, 15) is 29.4 Å². The molecule has 1 aromatic heterocycles. The molecule has 45 heavy (non-hydrogen) atoms. The Morgan fingerprint density at radius 2 is 1.62 bits per heavy atom. The summed E-state index contributed by atoms with van der Waals surface area (Å²) in [6.45, 7) is 4.05. The standard InChI is InChI=1S/C33H39N2O9P/c1-20(31(39)44-33(41)42-19-25-23-11-7-5-9-21(23)22-10-6-8-12-24(22)25)13-16-34-27(36)14-17-35(32(34)40)30-29(38)28(37)26(43-30)15-18-45(2,3)4/h5-12,14,17,20,25-26,28-30,37-38H,2,13,15-16,18-19H2,1,3-4H3/t20?,26?,28-,29-,30?/m1/s1. The van der Waals surface area contributed by atoms with E-state index in [1.54, 1.807) is 0 Å². The predicted octanol–water partition coefficient (Wildman–Crippen LogP) is 3.25. The van der Waals surface area contributed by atoms with Crippen molar-refractivity contribution in [1.29, 1.82) is 0 Å². The van der Waals surface area contributed by atoms with E-state index in [4.69, 9.17) is 14.2 Å². The number of rotatable bonds is 10. The van der Waals surface area contributed by atoms with Gasteiger partial charge in [-0.3, -0.25) is 18.7 Å². The number of nitrogens with zero attached hydrogens (tertiary/aromatic N) is 2. The summed E-state index contributed by atoms with van der Waals surface area (Å²) in [5, 5.41) is 21.2. The van der Waals surface area contributed by atoms with E-state index in [0.29, 0.717) is 6.42 Å². The zero-order valence-corrected chi connectivity index (χ0v) is 26.5. The van der Waals surface area contributed by atoms with Gasteiger partial charge >= 0.3 is 17.8 Å². The number of hydrogen-bond donors (Lipinski definition) is 2. The molecule has 1 fully saturated rings. The van der Waals surface area contributed by atoms with Crippen molar-refractivity contribution in [3.05, 3.63) is 92.8 Å². The third-order valence-electron chi connectivity index (χ3n) is 8.43. The van der Waals surface area contributed by atoms with E-state index in [0.717, 1.165) is 43.6 Å². The number of esters is 1. The van der Waals surface area contributed by atoms with Crippen LogP contribution in [0.25, 0.3) is 11.1 Å². The molecule has 3 unspecified atom stereocenters. The largest absolute Gasteiger partial charge is 0.516 e. The SMILES string of the molecule is C=P(C)(C)CCC1OC(n2ccc(=O)n(CCC(C)C(=O)OC(=O)OCC3c4ccccc4-c4ccccc43)c2=O)[C@H](O)[C@@H]1O. The first-order valence-electron chi connectivity index (χ1n) is 14.9. The van der Waals surface area contributed by atoms with Crippen molar-refractivity contribution in [2.24, 2.45) is 5.92 Å². The molecule has 1 saturated heterocycles. The summed E-state index contributed by atoms with van der Waals surface area (Å²) in [6.07, 6.45) is 0.988. The Labute approximate surface area is 261 Å². The maximum Gasteiger partial charge on any atom is 0.516 e. The number of fused-ring (bicyclic) bond motifs is 3. The second-order valence-corrected chi connectivity index (χ2v) is 16.7. The number of carbonyl (C=O) groups is 2. The maximum atomic E-state index is 13.3. The predicted molar refractivity (Wildman–Crippen MR) is 171 cm³/mol. The second-order valence-electron chi connectivity index (χ2n) is 12.4. The van der Waals surface area contributed by atoms with Crippen molar-refractivity contribution >= 4 is 25.3 Å². The summed E-state index contributed by atoms with van der Waals surface area (Å²) in [5.41, 5.74) is 2.81. The van der Waals surface area contributed by atoms with Gasteiger partial charge in [-0.05, 0) is 54.6 Å². The van der Waals surface area contributed by atoms with E-state index < -0.39 is 60.7 Å². The van der Waals surface area contributed by atoms with Crippen LogP contribution >= 0.6 is 6.89 Å². The van der Waals surface area contributed by atoms with E-state index in [1.807, 2.05) is 48.5 Å². The molecule has 5 atom stereocenters. The minimum absolute atomic E-state index is 0.00718. The number of aliphatic hydroxyl groups excluding tert-OH is 2. The number of hydrogen-bond acceptors (Lipinski definition) is 9. The fourth-order valence-electron chi connectivity index (χ4n) is 5.85. The van der Waals surface area contributed by atoms with Gasteiger partial charge in [0.1, 0.15) is 18.8 Å². The van der Waals surface area contributed by atoms with Gasteiger partial charge in [0.15, 0.2) is 6.23 Å². The van der Waals surface area contributed by atoms with Crippen molar-refractivity contribution in [3.63, 3.8) is 0 Å². The average molecular weight is 639 g/mol. The van der Waals surface area contributed by atoms with Gasteiger partial charge in [0.05, 0.1) is 12.0 Å². The van der Waals surface area contributed by atoms with Gasteiger partial charge in [-0.2, -0.15) is 0 Å². The van der Waals surface area contributed by atoms with E-state index in [2.05, 4.69) is 19.6 Å². The van der Waals surface area contributed by atoms with Crippen LogP contribution in [-0.2, 0) is 25.5 Å². The minimum Gasteiger partial charge on any atom is -0.433 e. The Bertz CT molecular complexity index is 1700. The summed E-state index contributed by atoms with van der Waals surface area (Å²) >= 11 is 0. The summed E-state index contributed by atoms with van der Waals surface area (Å²) in [4.78, 5) is 51.0. The molecule has 2 N–H and O–H groups in total. The van der Waals surface area contributed by atoms with Crippen LogP contribution in [0.2, 0.25) is 0 Å². The van der Waals surface area contributed by atoms with Crippen molar-refractivity contribution < 1.29 is 34.0 Å². The van der Waals surface area contributed by atoms with Crippen molar-refractivity contribution in [2.45, 2.75) is 56.8 Å². The molecule has 1 aliphatic heterocycles. The Morgan fingerprint density at radius 1 is 1.00 bits per heavy atom. The van der Waals surface area contributed by atoms with Gasteiger partial charge in [-0.25, -0.2) is 9.59 Å². The molecule has 1 aliphatic carbocycles. The summed E-state index contributed by atoms with van der Waals surface area (Å²) in [7, 11) is 0. The lowest BCUT2D eigenvalue weighted by atomic mass is 9.98. The van der Waals surface area contributed by atoms with Crippen LogP contribution in [0.3, 0.4) is 0 Å². The minimum atomic E-state index is -1.40. The fraction of sp³-hybridized carbons (Fsp3) is 0.424. The first-order chi connectivity index (χ1) is 21.4. The normalized spacial score (nSPS) is 21.6. The zero-order valence-electron chi connectivity index (χ0n) is 25.6. The van der Waals surface area contributed by atoms with Crippen molar-refractivity contribution in [2.75, 3.05) is 26.1 Å². The average Bonchev–Trinajstić information content (AvgIpc) is 3.47. The molecule has 240 valence electrons. The lowest BCUT2D eigenvalue weighted by molar-refractivity contribution is -0.144. The third-order valence-corrected chi connectivity index (χ3v) is 9.90. The monoisotopic (exact) mass is 638 g/mol. The van der Waals surface area contributed by atoms with Crippen LogP contribution in [0, 0.1) is 5.92 Å². The molecule has 0 amide bonds. The van der Waals surface area contributed by atoms with Crippen molar-refractivity contribution in [1.82, 2.24) is 9.13 Å². The molecule has 2 aliphatic rings. The molecular formula is C33H39N2O9P. The highest BCUT2D eigenvalue weighted by Crippen LogP contribution is 2.44. The summed E-state index contributed by atoms with van der Waals surface area (Å²) in [5.74, 6) is -1.90. The Hall–Kier alpha value is -3.76. The fourth-order valence-corrected chi connectivity index (χ4v) is 6.80. The molecule has 2 aromatic carbocycles. The van der Waals surface area contributed by atoms with Gasteiger partial charge in [0.2, 0.25) is 0 Å². The molecule has 3 aromatic rings. The summed E-state index contributed by atoms with van der Waals surface area (Å²) < 4.78 is 18.1. The van der Waals surface area contributed by atoms with Crippen LogP contribution in [-0.4, -0.2) is 82.2 Å². The molecule has 2 heterocycles. The topological polar surface area (TPSA) is 146 Å². The Kier molecular flexibility index (Phi) is 9.65. The van der Waals surface area contributed by atoms with Gasteiger partial charge in [0, 0.05) is 24.7 Å². The van der Waals surface area contributed by atoms with Gasteiger partial charge in [-0.15, -0.1) is 13.2 Å². The molecule has 12 heteroatoms. The van der Waals surface area contributed by atoms with E-state index in [1.165, 1.54) is 13.1 Å². The van der Waals surface area contributed by atoms with Gasteiger partial charge in [-0.1, -0.05) is 55.5 Å². The molecule has 11 nitrogen and oxygen atoms in total. The van der Waals surface area contributed by atoms with E-state index in [-0.39, 0.29) is 25.5 Å². The summed E-state index contributed by atoms with van der Waals surface area (Å²) in [6, 6.07) is 16.9. The lowest BCUT2D eigenvalue weighted by Gasteiger charge is -2.20. The van der Waals surface area contributed by atoms with Crippen LogP contribution < -0.4 is 11.2 Å². The highest BCUT2D eigenvalue weighted by Gasteiger charge is 2.44. The highest BCUT2D eigenvalue weighted by atomic mass is 31.2. The number of carbonyl (C=O) groups excluding carboxylic acids is 2. The van der Waals surface area contributed by atoms with Crippen LogP contribution in [0.15, 0.2) is 70.4 Å². The second kappa shape index (κ2) is 13.3. The molecule has 0 bridgehead atoms. The lowest BCUT2D eigenvalue weighted by Crippen LogP contribution is -2.43. The molecular weight excluding hydrogens is 599 g/mol. The van der Waals surface area contributed by atoms with E-state index >= 15 is 0 Å².